The second-order valence-electron chi connectivity index (χ2n) is 30.0. The van der Waals surface area contributed by atoms with Gasteiger partial charge in [-0.15, -0.1) is 0 Å². The average molecular weight is 1550 g/mol. The molecule has 614 valence electrons. The highest BCUT2D eigenvalue weighted by Gasteiger charge is 2.40. The van der Waals surface area contributed by atoms with Crippen molar-refractivity contribution >= 4 is 43.6 Å². The molecular formula is C93H141O16P. The molecule has 0 saturated carbocycles. The van der Waals surface area contributed by atoms with E-state index in [9.17, 15) is 28.8 Å². The number of aryl methyl sites for hydroxylation is 3. The van der Waals surface area contributed by atoms with Gasteiger partial charge in [-0.1, -0.05) is 272 Å². The minimum atomic E-state index is -4.85. The number of phosphoric acid groups is 1. The average Bonchev–Trinajstić information content (AvgIpc) is 0.764. The molecular weight excluding hydrogens is 1400 g/mol. The number of benzene rings is 3. The lowest BCUT2D eigenvalue weighted by molar-refractivity contribution is -0.138. The zero-order valence-corrected chi connectivity index (χ0v) is 69.7. The van der Waals surface area contributed by atoms with Crippen molar-refractivity contribution in [2.45, 2.75) is 329 Å². The van der Waals surface area contributed by atoms with Crippen molar-refractivity contribution in [3.8, 4) is 17.2 Å². The molecule has 0 aliphatic carbocycles. The van der Waals surface area contributed by atoms with Crippen LogP contribution in [0.4, 0.5) is 0 Å². The summed E-state index contributed by atoms with van der Waals surface area (Å²) >= 11 is 0. The summed E-state index contributed by atoms with van der Waals surface area (Å²) in [5.74, 6) is -0.889. The summed E-state index contributed by atoms with van der Waals surface area (Å²) in [4.78, 5) is 70.6. The number of phosphoric ester groups is 1. The van der Waals surface area contributed by atoms with Gasteiger partial charge in [-0.3, -0.25) is 0 Å². The van der Waals surface area contributed by atoms with E-state index in [0.717, 1.165) is 300 Å². The van der Waals surface area contributed by atoms with Gasteiger partial charge < -0.3 is 42.0 Å². The molecule has 17 heteroatoms. The van der Waals surface area contributed by atoms with Gasteiger partial charge in [0.25, 0.3) is 0 Å². The number of hydrogen-bond donors (Lipinski definition) is 0. The van der Waals surface area contributed by atoms with E-state index in [0.29, 0.717) is 76.2 Å². The van der Waals surface area contributed by atoms with E-state index in [1.165, 1.54) is 36.5 Å². The molecule has 3 aromatic rings. The lowest BCUT2D eigenvalue weighted by Gasteiger charge is -2.29. The molecule has 0 aliphatic heterocycles. The van der Waals surface area contributed by atoms with E-state index < -0.39 is 43.6 Å². The number of ether oxygens (including phenoxy) is 6. The van der Waals surface area contributed by atoms with Crippen molar-refractivity contribution in [1.29, 1.82) is 0 Å². The fourth-order valence-electron chi connectivity index (χ4n) is 13.8. The lowest BCUT2D eigenvalue weighted by atomic mass is 9.90. The predicted octanol–water partition coefficient (Wildman–Crippen LogP) is 24.4. The molecule has 0 atom stereocenters. The number of rotatable bonds is 69. The van der Waals surface area contributed by atoms with Crippen LogP contribution in [0, 0.1) is 0 Å². The summed E-state index contributed by atoms with van der Waals surface area (Å²) in [6.45, 7) is 36.4. The fourth-order valence-corrected chi connectivity index (χ4v) is 15.2. The van der Waals surface area contributed by atoms with Gasteiger partial charge in [0.2, 0.25) is 0 Å². The lowest BCUT2D eigenvalue weighted by Crippen LogP contribution is -2.16. The maximum absolute atomic E-state index is 17.8. The molecule has 3 rings (SSSR count). The summed E-state index contributed by atoms with van der Waals surface area (Å²) in [5.41, 5.74) is 9.28. The van der Waals surface area contributed by atoms with Crippen molar-refractivity contribution < 1.29 is 75.3 Å². The van der Waals surface area contributed by atoms with E-state index in [-0.39, 0.29) is 17.8 Å². The highest BCUT2D eigenvalue weighted by Crippen LogP contribution is 2.57. The predicted molar refractivity (Wildman–Crippen MR) is 446 cm³/mol. The monoisotopic (exact) mass is 1540 g/mol. The number of hydrogen-bond acceptors (Lipinski definition) is 16. The van der Waals surface area contributed by atoms with Crippen LogP contribution in [-0.4, -0.2) is 75.5 Å². The van der Waals surface area contributed by atoms with Crippen LogP contribution in [0.5, 0.6) is 17.2 Å². The molecule has 0 aliphatic rings. The molecule has 0 heterocycles. The van der Waals surface area contributed by atoms with Gasteiger partial charge in [0.15, 0.2) is 0 Å². The smallest absolute Gasteiger partial charge is 0.463 e. The zero-order valence-electron chi connectivity index (χ0n) is 68.8. The molecule has 110 heavy (non-hydrogen) atoms. The molecule has 0 fully saturated rings. The third-order valence-corrected chi connectivity index (χ3v) is 21.3. The Balaban J connectivity index is 2.40. The quantitative estimate of drug-likeness (QED) is 0.0170. The number of carbonyl (C=O) groups excluding carboxylic acids is 6. The van der Waals surface area contributed by atoms with Gasteiger partial charge in [-0.2, -0.15) is 4.57 Å². The molecule has 0 amide bonds. The summed E-state index contributed by atoms with van der Waals surface area (Å²) < 4.78 is 72.4. The molecule has 0 bridgehead atoms. The van der Waals surface area contributed by atoms with Crippen LogP contribution in [0.25, 0.3) is 0 Å². The first-order chi connectivity index (χ1) is 53.3. The van der Waals surface area contributed by atoms with E-state index in [1.54, 1.807) is 0 Å². The first kappa shape index (κ1) is 96.7. The van der Waals surface area contributed by atoms with Crippen LogP contribution in [-0.2, 0) is 100 Å². The fraction of sp³-hybridized carbons (Fsp3) is 0.613. The van der Waals surface area contributed by atoms with Crippen LogP contribution < -0.4 is 13.6 Å². The highest BCUT2D eigenvalue weighted by molar-refractivity contribution is 7.49. The van der Waals surface area contributed by atoms with Crippen molar-refractivity contribution in [2.75, 3.05) is 39.6 Å². The Morgan fingerprint density at radius 2 is 0.427 bits per heavy atom. The minimum absolute atomic E-state index is 0.0451. The molecule has 0 radical (unpaired) electrons. The summed E-state index contributed by atoms with van der Waals surface area (Å²) in [5, 5.41) is 0. The second kappa shape index (κ2) is 60.2. The standard InChI is InChI=1S/C93H141O16P/c1-13-85(94)101-67-49-37-25-19-31-43-55-76-61-64-79(73(7)8)91(82(76)58-46-34-22-28-40-52-70-104-88(97)16-4)107-110(100,108-92-80(74(9)10)65-62-77(56-44-32-20-26-38-50-68-102-86(95)14-2)83(92)59-47-35-23-29-41-53-71-105-89(98)17-5)109-93-81(75(11)12)66-63-78(57-45-33-21-27-39-51-69-103-87(96)15-3)84(93)60-48-36-24-30-42-54-72-106-90(99)18-6/h13-18,61-66,73-75H,1-6,19-60,67-72H2,7-12H3. The van der Waals surface area contributed by atoms with Crippen LogP contribution in [0.2, 0.25) is 0 Å². The molecule has 16 nitrogen and oxygen atoms in total. The van der Waals surface area contributed by atoms with Gasteiger partial charge in [0, 0.05) is 36.5 Å². The van der Waals surface area contributed by atoms with Crippen LogP contribution in [0.3, 0.4) is 0 Å². The summed E-state index contributed by atoms with van der Waals surface area (Å²) in [6, 6.07) is 13.3. The molecule has 0 unspecified atom stereocenters. The number of esters is 6. The third kappa shape index (κ3) is 41.7. The largest absolute Gasteiger partial charge is 0.647 e. The molecule has 0 spiro atoms. The minimum Gasteiger partial charge on any atom is -0.463 e. The Morgan fingerprint density at radius 1 is 0.264 bits per heavy atom. The number of unbranched alkanes of at least 4 members (excludes halogenated alkanes) is 30. The normalized spacial score (nSPS) is 11.3. The Labute approximate surface area is 663 Å². The van der Waals surface area contributed by atoms with E-state index >= 15 is 4.57 Å². The van der Waals surface area contributed by atoms with E-state index in [1.807, 2.05) is 0 Å². The van der Waals surface area contributed by atoms with Crippen LogP contribution in [0.1, 0.15) is 341 Å². The van der Waals surface area contributed by atoms with Gasteiger partial charge in [0.05, 0.1) is 39.6 Å². The van der Waals surface area contributed by atoms with Crippen molar-refractivity contribution in [1.82, 2.24) is 0 Å². The van der Waals surface area contributed by atoms with Crippen molar-refractivity contribution in [3.05, 3.63) is 162 Å². The van der Waals surface area contributed by atoms with E-state index in [2.05, 4.69) is 117 Å². The molecule has 0 saturated heterocycles. The maximum atomic E-state index is 17.8. The van der Waals surface area contributed by atoms with Gasteiger partial charge in [-0.25, -0.2) is 28.8 Å². The SMILES string of the molecule is C=CC(=O)OCCCCCCCCc1ccc(C(C)C)c(OP(=O)(Oc2c(C(C)C)ccc(CCCCCCCCOC(=O)C=C)c2CCCCCCCCOC(=O)C=C)Oc2c(C(C)C)ccc(CCCCCCCCOC(=O)C=C)c2CCCCCCCCOC(=O)C=C)c1CCCCCCCCOC(=O)C=C. The molecule has 3 aromatic carbocycles. The first-order valence-electron chi connectivity index (χ1n) is 42.1. The third-order valence-electron chi connectivity index (χ3n) is 20.1. The zero-order chi connectivity index (χ0) is 80.4. The topological polar surface area (TPSA) is 203 Å². The van der Waals surface area contributed by atoms with E-state index in [4.69, 9.17) is 42.0 Å². The Hall–Kier alpha value is -7.45. The van der Waals surface area contributed by atoms with Gasteiger partial charge in [0.1, 0.15) is 17.2 Å². The van der Waals surface area contributed by atoms with Crippen molar-refractivity contribution in [2.24, 2.45) is 0 Å². The second-order valence-corrected chi connectivity index (χ2v) is 31.4. The maximum Gasteiger partial charge on any atom is 0.647 e. The molecule has 0 aromatic heterocycles. The van der Waals surface area contributed by atoms with Crippen LogP contribution in [0.15, 0.2) is 112 Å². The Bertz CT molecular complexity index is 2930. The van der Waals surface area contributed by atoms with Crippen molar-refractivity contribution in [3.63, 3.8) is 0 Å². The summed E-state index contributed by atoms with van der Waals surface area (Å²) in [7, 11) is -4.85. The van der Waals surface area contributed by atoms with Crippen LogP contribution >= 0.6 is 7.82 Å². The first-order valence-corrected chi connectivity index (χ1v) is 43.6. The Kier molecular flexibility index (Phi) is 53.0. The molecule has 0 N–H and O–H groups in total. The Morgan fingerprint density at radius 3 is 0.600 bits per heavy atom. The summed E-state index contributed by atoms with van der Waals surface area (Å²) in [6.07, 6.45) is 45.1. The number of carbonyl (C=O) groups is 6. The van der Waals surface area contributed by atoms with Gasteiger partial charge in [-0.05, 0) is 183 Å². The van der Waals surface area contributed by atoms with Gasteiger partial charge >= 0.3 is 43.6 Å². The highest BCUT2D eigenvalue weighted by atomic mass is 31.2.